The number of hydrogen-bond acceptors (Lipinski definition) is 3. The van der Waals surface area contributed by atoms with E-state index in [1.807, 2.05) is 13.8 Å². The Hall–Kier alpha value is -1.30. The van der Waals surface area contributed by atoms with Gasteiger partial charge in [0.1, 0.15) is 0 Å². The summed E-state index contributed by atoms with van der Waals surface area (Å²) in [6, 6.07) is 4.76. The van der Waals surface area contributed by atoms with Gasteiger partial charge in [-0.05, 0) is 44.5 Å². The summed E-state index contributed by atoms with van der Waals surface area (Å²) in [5.74, 6) is -0.0754. The lowest BCUT2D eigenvalue weighted by Crippen LogP contribution is -2.53. The second-order valence-corrected chi connectivity index (χ2v) is 6.89. The van der Waals surface area contributed by atoms with E-state index in [4.69, 9.17) is 23.2 Å². The molecule has 0 spiro atoms. The van der Waals surface area contributed by atoms with E-state index < -0.39 is 0 Å². The number of benzene rings is 1. The van der Waals surface area contributed by atoms with Gasteiger partial charge in [-0.3, -0.25) is 14.5 Å². The summed E-state index contributed by atoms with van der Waals surface area (Å²) in [5.41, 5.74) is 0.547. The molecule has 0 bridgehead atoms. The number of amides is 2. The Bertz CT molecular complexity index is 609. The van der Waals surface area contributed by atoms with Crippen LogP contribution in [0.5, 0.6) is 0 Å². The van der Waals surface area contributed by atoms with Crippen LogP contribution in [0.15, 0.2) is 18.2 Å². The van der Waals surface area contributed by atoms with Crippen molar-refractivity contribution in [3.05, 3.63) is 28.2 Å². The maximum atomic E-state index is 12.5. The molecule has 1 aromatic carbocycles. The molecule has 1 aromatic rings. The summed E-state index contributed by atoms with van der Waals surface area (Å²) >= 11 is 12.0. The van der Waals surface area contributed by atoms with Crippen LogP contribution < -0.4 is 10.6 Å². The molecule has 2 rings (SSSR count). The number of rotatable bonds is 5. The Balaban J connectivity index is 1.95. The average molecular weight is 372 g/mol. The van der Waals surface area contributed by atoms with E-state index in [-0.39, 0.29) is 23.9 Å². The lowest BCUT2D eigenvalue weighted by Gasteiger charge is -2.36. The summed E-state index contributed by atoms with van der Waals surface area (Å²) in [7, 11) is 0. The number of carbonyl (C=O) groups is 2. The quantitative estimate of drug-likeness (QED) is 0.834. The largest absolute Gasteiger partial charge is 0.352 e. The summed E-state index contributed by atoms with van der Waals surface area (Å²) in [6.45, 7) is 5.21. The smallest absolute Gasteiger partial charge is 0.241 e. The van der Waals surface area contributed by atoms with Crippen LogP contribution in [0, 0.1) is 0 Å². The van der Waals surface area contributed by atoms with Gasteiger partial charge >= 0.3 is 0 Å². The first-order valence-electron chi connectivity index (χ1n) is 8.20. The minimum atomic E-state index is -0.307. The van der Waals surface area contributed by atoms with Crippen LogP contribution in [0.3, 0.4) is 0 Å². The SMILES string of the molecule is CCC(=O)NC1CCCN(C(C)C(=O)Nc2ccc(Cl)cc2Cl)C1. The number of nitrogens with one attached hydrogen (secondary N) is 2. The summed E-state index contributed by atoms with van der Waals surface area (Å²) in [6.07, 6.45) is 2.37. The molecule has 1 fully saturated rings. The van der Waals surface area contributed by atoms with Crippen molar-refractivity contribution in [1.29, 1.82) is 0 Å². The number of nitrogens with zero attached hydrogens (tertiary/aromatic N) is 1. The highest BCUT2D eigenvalue weighted by Gasteiger charge is 2.28. The number of carbonyl (C=O) groups excluding carboxylic acids is 2. The number of hydrogen-bond donors (Lipinski definition) is 2. The molecule has 24 heavy (non-hydrogen) atoms. The van der Waals surface area contributed by atoms with Crippen molar-refractivity contribution >= 4 is 40.7 Å². The fourth-order valence-electron chi connectivity index (χ4n) is 2.80. The van der Waals surface area contributed by atoms with Crippen molar-refractivity contribution in [1.82, 2.24) is 10.2 Å². The van der Waals surface area contributed by atoms with Crippen molar-refractivity contribution in [3.63, 3.8) is 0 Å². The molecule has 0 saturated carbocycles. The summed E-state index contributed by atoms with van der Waals surface area (Å²) in [5, 5.41) is 6.79. The van der Waals surface area contributed by atoms with Gasteiger partial charge in [-0.25, -0.2) is 0 Å². The van der Waals surface area contributed by atoms with Gasteiger partial charge in [0.15, 0.2) is 0 Å². The molecular formula is C17H23Cl2N3O2. The molecule has 7 heteroatoms. The highest BCUT2D eigenvalue weighted by molar-refractivity contribution is 6.36. The Morgan fingerprint density at radius 2 is 2.12 bits per heavy atom. The third kappa shape index (κ3) is 5.10. The molecule has 1 saturated heterocycles. The van der Waals surface area contributed by atoms with Crippen LogP contribution in [0.2, 0.25) is 10.0 Å². The van der Waals surface area contributed by atoms with Crippen molar-refractivity contribution < 1.29 is 9.59 Å². The first-order valence-corrected chi connectivity index (χ1v) is 8.95. The molecule has 132 valence electrons. The van der Waals surface area contributed by atoms with Crippen molar-refractivity contribution in [2.75, 3.05) is 18.4 Å². The minimum Gasteiger partial charge on any atom is -0.352 e. The second kappa shape index (κ2) is 8.70. The van der Waals surface area contributed by atoms with Gasteiger partial charge < -0.3 is 10.6 Å². The Morgan fingerprint density at radius 3 is 2.79 bits per heavy atom. The number of halogens is 2. The molecule has 2 N–H and O–H groups in total. The van der Waals surface area contributed by atoms with E-state index in [1.165, 1.54) is 0 Å². The van der Waals surface area contributed by atoms with Crippen LogP contribution in [-0.4, -0.2) is 41.9 Å². The fourth-order valence-corrected chi connectivity index (χ4v) is 3.26. The van der Waals surface area contributed by atoms with E-state index in [2.05, 4.69) is 15.5 Å². The van der Waals surface area contributed by atoms with E-state index in [0.29, 0.717) is 28.7 Å². The zero-order valence-electron chi connectivity index (χ0n) is 13.9. The highest BCUT2D eigenvalue weighted by Crippen LogP contribution is 2.26. The third-order valence-corrected chi connectivity index (χ3v) is 4.80. The molecule has 2 unspecified atom stereocenters. The maximum absolute atomic E-state index is 12.5. The molecule has 1 aliphatic rings. The van der Waals surface area contributed by atoms with Crippen molar-refractivity contribution in [2.45, 2.75) is 45.2 Å². The second-order valence-electron chi connectivity index (χ2n) is 6.04. The normalized spacial score (nSPS) is 19.6. The molecular weight excluding hydrogens is 349 g/mol. The van der Waals surface area contributed by atoms with E-state index in [1.54, 1.807) is 18.2 Å². The van der Waals surface area contributed by atoms with Gasteiger partial charge in [-0.1, -0.05) is 30.1 Å². The standard InChI is InChI=1S/C17H23Cl2N3O2/c1-3-16(23)20-13-5-4-8-22(10-13)11(2)17(24)21-15-7-6-12(18)9-14(15)19/h6-7,9,11,13H,3-5,8,10H2,1-2H3,(H,20,23)(H,21,24). The van der Waals surface area contributed by atoms with Crippen molar-refractivity contribution in [3.8, 4) is 0 Å². The van der Waals surface area contributed by atoms with Crippen LogP contribution in [0.4, 0.5) is 5.69 Å². The zero-order valence-corrected chi connectivity index (χ0v) is 15.5. The molecule has 0 aliphatic carbocycles. The molecule has 2 atom stereocenters. The highest BCUT2D eigenvalue weighted by atomic mass is 35.5. The van der Waals surface area contributed by atoms with Gasteiger partial charge in [0, 0.05) is 24.0 Å². The maximum Gasteiger partial charge on any atom is 0.241 e. The van der Waals surface area contributed by atoms with Crippen LogP contribution >= 0.6 is 23.2 Å². The first-order chi connectivity index (χ1) is 11.4. The third-order valence-electron chi connectivity index (χ3n) is 4.26. The Labute approximate surface area is 152 Å². The molecule has 1 aliphatic heterocycles. The zero-order chi connectivity index (χ0) is 17.7. The number of anilines is 1. The van der Waals surface area contributed by atoms with E-state index >= 15 is 0 Å². The number of piperidine rings is 1. The van der Waals surface area contributed by atoms with E-state index in [9.17, 15) is 9.59 Å². The van der Waals surface area contributed by atoms with Gasteiger partial charge in [0.25, 0.3) is 0 Å². The predicted octanol–water partition coefficient (Wildman–Crippen LogP) is 3.31. The topological polar surface area (TPSA) is 61.4 Å². The first kappa shape index (κ1) is 19.0. The lowest BCUT2D eigenvalue weighted by molar-refractivity contribution is -0.122. The predicted molar refractivity (Wildman–Crippen MR) is 97.6 cm³/mol. The van der Waals surface area contributed by atoms with Gasteiger partial charge in [0.05, 0.1) is 16.8 Å². The van der Waals surface area contributed by atoms with Crippen LogP contribution in [0.1, 0.15) is 33.1 Å². The number of likely N-dealkylation sites (tertiary alicyclic amines) is 1. The Morgan fingerprint density at radius 1 is 1.38 bits per heavy atom. The monoisotopic (exact) mass is 371 g/mol. The van der Waals surface area contributed by atoms with Crippen LogP contribution in [0.25, 0.3) is 0 Å². The molecule has 0 radical (unpaired) electrons. The van der Waals surface area contributed by atoms with Crippen LogP contribution in [-0.2, 0) is 9.59 Å². The minimum absolute atomic E-state index is 0.0481. The van der Waals surface area contributed by atoms with Gasteiger partial charge in [0.2, 0.25) is 11.8 Å². The Kier molecular flexibility index (Phi) is 6.90. The molecule has 0 aromatic heterocycles. The fraction of sp³-hybridized carbons (Fsp3) is 0.529. The molecule has 1 heterocycles. The lowest BCUT2D eigenvalue weighted by atomic mass is 10.0. The summed E-state index contributed by atoms with van der Waals surface area (Å²) in [4.78, 5) is 26.2. The molecule has 5 nitrogen and oxygen atoms in total. The molecule has 2 amide bonds. The van der Waals surface area contributed by atoms with Gasteiger partial charge in [-0.2, -0.15) is 0 Å². The van der Waals surface area contributed by atoms with Crippen molar-refractivity contribution in [2.24, 2.45) is 0 Å². The summed E-state index contributed by atoms with van der Waals surface area (Å²) < 4.78 is 0. The van der Waals surface area contributed by atoms with Gasteiger partial charge in [-0.15, -0.1) is 0 Å². The average Bonchev–Trinajstić information content (AvgIpc) is 2.56. The van der Waals surface area contributed by atoms with E-state index in [0.717, 1.165) is 19.4 Å².